The van der Waals surface area contributed by atoms with E-state index in [4.69, 9.17) is 16.7 Å². The van der Waals surface area contributed by atoms with Crippen molar-refractivity contribution in [2.24, 2.45) is 0 Å². The maximum Gasteiger partial charge on any atom is 0.411 e. The van der Waals surface area contributed by atoms with Crippen molar-refractivity contribution < 1.29 is 14.7 Å². The lowest BCUT2D eigenvalue weighted by atomic mass is 10.0. The zero-order valence-corrected chi connectivity index (χ0v) is 11.5. The molecule has 0 atom stereocenters. The van der Waals surface area contributed by atoms with Crippen LogP contribution in [0.25, 0.3) is 0 Å². The predicted octanol–water partition coefficient (Wildman–Crippen LogP) is 3.69. The van der Waals surface area contributed by atoms with Crippen LogP contribution in [0.5, 0.6) is 0 Å². The summed E-state index contributed by atoms with van der Waals surface area (Å²) < 4.78 is 0. The molecule has 4 nitrogen and oxygen atoms in total. The summed E-state index contributed by atoms with van der Waals surface area (Å²) in [6.07, 6.45) is -1.14. The second-order valence-corrected chi connectivity index (χ2v) is 4.63. The van der Waals surface area contributed by atoms with Crippen LogP contribution in [0, 0.1) is 0 Å². The molecule has 0 aromatic heterocycles. The molecule has 0 saturated carbocycles. The zero-order chi connectivity index (χ0) is 14.7. The lowest BCUT2D eigenvalue weighted by molar-refractivity contribution is 0.103. The van der Waals surface area contributed by atoms with E-state index in [1.54, 1.807) is 36.4 Å². The third-order valence-electron chi connectivity index (χ3n) is 2.89. The van der Waals surface area contributed by atoms with E-state index >= 15 is 0 Å². The topological polar surface area (TPSA) is 57.6 Å². The molecule has 2 aromatic carbocycles. The second kappa shape index (κ2) is 5.75. The number of ketones is 1. The van der Waals surface area contributed by atoms with Crippen LogP contribution < -0.4 is 4.90 Å². The minimum absolute atomic E-state index is 0.258. The number of halogens is 1. The Morgan fingerprint density at radius 3 is 2.35 bits per heavy atom. The van der Waals surface area contributed by atoms with Gasteiger partial charge in [-0.1, -0.05) is 41.9 Å². The molecule has 5 heteroatoms. The van der Waals surface area contributed by atoms with Crippen LogP contribution in [0.1, 0.15) is 15.9 Å². The number of hydrogen-bond donors (Lipinski definition) is 1. The van der Waals surface area contributed by atoms with Crippen LogP contribution in [0.4, 0.5) is 10.5 Å². The van der Waals surface area contributed by atoms with E-state index in [-0.39, 0.29) is 11.3 Å². The first-order chi connectivity index (χ1) is 9.50. The van der Waals surface area contributed by atoms with Crippen LogP contribution >= 0.6 is 11.6 Å². The average Bonchev–Trinajstić information content (AvgIpc) is 2.46. The third kappa shape index (κ3) is 2.81. The quantitative estimate of drug-likeness (QED) is 0.877. The van der Waals surface area contributed by atoms with E-state index in [9.17, 15) is 9.59 Å². The van der Waals surface area contributed by atoms with Crippen LogP contribution in [0.15, 0.2) is 48.5 Å². The summed E-state index contributed by atoms with van der Waals surface area (Å²) in [5.41, 5.74) is 1.04. The van der Waals surface area contributed by atoms with Gasteiger partial charge >= 0.3 is 6.09 Å². The molecule has 0 bridgehead atoms. The van der Waals surface area contributed by atoms with Gasteiger partial charge in [0, 0.05) is 23.2 Å². The molecular formula is C15H12ClNO3. The number of rotatable bonds is 3. The highest BCUT2D eigenvalue weighted by Gasteiger charge is 2.19. The van der Waals surface area contributed by atoms with Crippen molar-refractivity contribution in [3.8, 4) is 0 Å². The number of hydrogen-bond acceptors (Lipinski definition) is 2. The first-order valence-electron chi connectivity index (χ1n) is 5.86. The number of nitrogens with zero attached hydrogens (tertiary/aromatic N) is 1. The van der Waals surface area contributed by atoms with Gasteiger partial charge < -0.3 is 5.11 Å². The molecule has 0 aliphatic rings. The highest BCUT2D eigenvalue weighted by molar-refractivity contribution is 6.31. The van der Waals surface area contributed by atoms with Crippen molar-refractivity contribution in [1.82, 2.24) is 0 Å². The molecule has 1 amide bonds. The standard InChI is InChI=1S/C15H12ClNO3/c1-17(15(19)20)13-8-7-11(16)9-12(13)14(18)10-5-3-2-4-6-10/h2-9H,1H3,(H,19,20). The molecule has 0 fully saturated rings. The van der Waals surface area contributed by atoms with Gasteiger partial charge in [-0.15, -0.1) is 0 Å². The fourth-order valence-corrected chi connectivity index (χ4v) is 2.00. The molecule has 0 saturated heterocycles. The number of carbonyl (C=O) groups excluding carboxylic acids is 1. The van der Waals surface area contributed by atoms with E-state index in [0.29, 0.717) is 16.3 Å². The molecule has 0 heterocycles. The average molecular weight is 290 g/mol. The van der Waals surface area contributed by atoms with Crippen molar-refractivity contribution >= 4 is 29.2 Å². The fraction of sp³-hybridized carbons (Fsp3) is 0.0667. The molecule has 0 aliphatic carbocycles. The van der Waals surface area contributed by atoms with Crippen LogP contribution in [-0.2, 0) is 0 Å². The largest absolute Gasteiger partial charge is 0.465 e. The van der Waals surface area contributed by atoms with E-state index in [1.165, 1.54) is 19.2 Å². The maximum absolute atomic E-state index is 12.5. The summed E-state index contributed by atoms with van der Waals surface area (Å²) in [4.78, 5) is 24.5. The molecule has 0 unspecified atom stereocenters. The molecule has 20 heavy (non-hydrogen) atoms. The fourth-order valence-electron chi connectivity index (χ4n) is 1.83. The molecule has 0 spiro atoms. The van der Waals surface area contributed by atoms with Crippen molar-refractivity contribution in [3.63, 3.8) is 0 Å². The molecule has 2 rings (SSSR count). The van der Waals surface area contributed by atoms with Gasteiger partial charge in [0.15, 0.2) is 5.78 Å². The van der Waals surface area contributed by atoms with Crippen molar-refractivity contribution in [2.75, 3.05) is 11.9 Å². The maximum atomic E-state index is 12.5. The SMILES string of the molecule is CN(C(=O)O)c1ccc(Cl)cc1C(=O)c1ccccc1. The lowest BCUT2D eigenvalue weighted by Crippen LogP contribution is -2.25. The Bertz CT molecular complexity index is 655. The zero-order valence-electron chi connectivity index (χ0n) is 10.7. The molecule has 1 N–H and O–H groups in total. The Morgan fingerprint density at radius 1 is 1.10 bits per heavy atom. The summed E-state index contributed by atoms with van der Waals surface area (Å²) in [7, 11) is 1.38. The summed E-state index contributed by atoms with van der Waals surface area (Å²) in [5.74, 6) is -0.267. The van der Waals surface area contributed by atoms with E-state index in [1.807, 2.05) is 0 Å². The monoisotopic (exact) mass is 289 g/mol. The van der Waals surface area contributed by atoms with Crippen molar-refractivity contribution in [2.45, 2.75) is 0 Å². The number of anilines is 1. The minimum atomic E-state index is -1.14. The highest BCUT2D eigenvalue weighted by Crippen LogP contribution is 2.26. The van der Waals surface area contributed by atoms with Gasteiger partial charge in [0.2, 0.25) is 0 Å². The number of carboxylic acid groups (broad SMARTS) is 1. The smallest absolute Gasteiger partial charge is 0.411 e. The second-order valence-electron chi connectivity index (χ2n) is 4.20. The van der Waals surface area contributed by atoms with Gasteiger partial charge in [-0.2, -0.15) is 0 Å². The Hall–Kier alpha value is -2.33. The predicted molar refractivity (Wildman–Crippen MR) is 77.8 cm³/mol. The number of amides is 1. The molecule has 102 valence electrons. The first kappa shape index (κ1) is 14.1. The third-order valence-corrected chi connectivity index (χ3v) is 3.12. The molecule has 0 aliphatic heterocycles. The summed E-state index contributed by atoms with van der Waals surface area (Å²) in [5, 5.41) is 9.44. The van der Waals surface area contributed by atoms with Crippen LogP contribution in [0.2, 0.25) is 5.02 Å². The van der Waals surface area contributed by atoms with Crippen molar-refractivity contribution in [3.05, 3.63) is 64.7 Å². The summed E-state index contributed by atoms with van der Waals surface area (Å²) in [6, 6.07) is 13.2. The summed E-state index contributed by atoms with van der Waals surface area (Å²) >= 11 is 5.91. The molecular weight excluding hydrogens is 278 g/mol. The van der Waals surface area contributed by atoms with Gasteiger partial charge in [-0.05, 0) is 18.2 Å². The van der Waals surface area contributed by atoms with E-state index < -0.39 is 6.09 Å². The lowest BCUT2D eigenvalue weighted by Gasteiger charge is -2.17. The highest BCUT2D eigenvalue weighted by atomic mass is 35.5. The van der Waals surface area contributed by atoms with Gasteiger partial charge in [-0.25, -0.2) is 4.79 Å². The van der Waals surface area contributed by atoms with Crippen molar-refractivity contribution in [1.29, 1.82) is 0 Å². The van der Waals surface area contributed by atoms with Gasteiger partial charge in [0.05, 0.1) is 5.69 Å². The Labute approximate surface area is 121 Å². The Morgan fingerprint density at radius 2 is 1.75 bits per heavy atom. The van der Waals surface area contributed by atoms with Crippen LogP contribution in [-0.4, -0.2) is 24.0 Å². The van der Waals surface area contributed by atoms with Gasteiger partial charge in [0.25, 0.3) is 0 Å². The number of benzene rings is 2. The van der Waals surface area contributed by atoms with Gasteiger partial charge in [-0.3, -0.25) is 9.69 Å². The molecule has 2 aromatic rings. The molecule has 0 radical (unpaired) electrons. The Kier molecular flexibility index (Phi) is 4.05. The van der Waals surface area contributed by atoms with E-state index in [2.05, 4.69) is 0 Å². The van der Waals surface area contributed by atoms with Gasteiger partial charge in [0.1, 0.15) is 0 Å². The Balaban J connectivity index is 2.53. The van der Waals surface area contributed by atoms with E-state index in [0.717, 1.165) is 4.90 Å². The normalized spacial score (nSPS) is 10.1. The number of carbonyl (C=O) groups is 2. The van der Waals surface area contributed by atoms with Crippen LogP contribution in [0.3, 0.4) is 0 Å². The minimum Gasteiger partial charge on any atom is -0.465 e. The summed E-state index contributed by atoms with van der Waals surface area (Å²) in [6.45, 7) is 0. The first-order valence-corrected chi connectivity index (χ1v) is 6.24.